The minimum absolute atomic E-state index is 0.0968. The number of hydrogen-bond acceptors (Lipinski definition) is 3. The van der Waals surface area contributed by atoms with Gasteiger partial charge in [-0.2, -0.15) is 0 Å². The number of piperidine rings is 1. The largest absolute Gasteiger partial charge is 0.337 e. The van der Waals surface area contributed by atoms with Gasteiger partial charge in [0, 0.05) is 31.7 Å². The summed E-state index contributed by atoms with van der Waals surface area (Å²) in [6.07, 6.45) is 2.19. The Kier molecular flexibility index (Phi) is 4.94. The number of likely N-dealkylation sites (N-methyl/N-ethyl adjacent to an activating group) is 1. The molecule has 1 aliphatic rings. The molecule has 1 aromatic heterocycles. The molecule has 1 fully saturated rings. The minimum Gasteiger partial charge on any atom is -0.337 e. The summed E-state index contributed by atoms with van der Waals surface area (Å²) in [4.78, 5) is 19.3. The lowest BCUT2D eigenvalue weighted by atomic mass is 10.0. The Morgan fingerprint density at radius 1 is 1.22 bits per heavy atom. The monoisotopic (exact) mass is 362 g/mol. The quantitative estimate of drug-likeness (QED) is 0.775. The second kappa shape index (κ2) is 7.53. The van der Waals surface area contributed by atoms with Crippen molar-refractivity contribution in [2.24, 2.45) is 0 Å². The van der Waals surface area contributed by atoms with Crippen molar-refractivity contribution in [2.45, 2.75) is 32.4 Å². The van der Waals surface area contributed by atoms with E-state index in [0.717, 1.165) is 54.9 Å². The third-order valence-corrected chi connectivity index (χ3v) is 5.53. The molecule has 2 aromatic carbocycles. The van der Waals surface area contributed by atoms with Crippen molar-refractivity contribution in [3.05, 3.63) is 65.5 Å². The molecular formula is C22H26N4O. The Morgan fingerprint density at radius 3 is 2.74 bits per heavy atom. The number of nitrogens with one attached hydrogen (secondary N) is 1. The first-order chi connectivity index (χ1) is 13.1. The molecule has 2 heterocycles. The normalized spacial score (nSPS) is 17.2. The molecular weight excluding hydrogens is 336 g/mol. The van der Waals surface area contributed by atoms with Gasteiger partial charge in [-0.1, -0.05) is 24.3 Å². The molecule has 1 aliphatic heterocycles. The van der Waals surface area contributed by atoms with E-state index >= 15 is 0 Å². The number of nitrogens with zero attached hydrogens (tertiary/aromatic N) is 3. The standard InChI is InChI=1S/C22H26N4O/c1-16-24-20-7-3-4-8-21(20)26(16)15-17-9-11-18(12-10-17)22(27)25(2)19-6-5-13-23-14-19/h3-4,7-12,19,23H,5-6,13-15H2,1-2H3/t19-/m1/s1. The van der Waals surface area contributed by atoms with Gasteiger partial charge in [-0.05, 0) is 56.1 Å². The molecule has 1 atom stereocenters. The number of benzene rings is 2. The summed E-state index contributed by atoms with van der Waals surface area (Å²) in [6, 6.07) is 16.5. The number of rotatable bonds is 4. The van der Waals surface area contributed by atoms with Crippen LogP contribution in [-0.2, 0) is 6.54 Å². The number of carbonyl (C=O) groups is 1. The molecule has 0 unspecified atom stereocenters. The summed E-state index contributed by atoms with van der Waals surface area (Å²) < 4.78 is 2.21. The van der Waals surface area contributed by atoms with E-state index in [1.165, 1.54) is 5.56 Å². The number of fused-ring (bicyclic) bond motifs is 1. The average Bonchev–Trinajstić information content (AvgIpc) is 3.03. The average molecular weight is 362 g/mol. The van der Waals surface area contributed by atoms with Gasteiger partial charge in [-0.25, -0.2) is 4.98 Å². The lowest BCUT2D eigenvalue weighted by Gasteiger charge is -2.31. The molecule has 27 heavy (non-hydrogen) atoms. The van der Waals surface area contributed by atoms with Crippen LogP contribution in [0.3, 0.4) is 0 Å². The van der Waals surface area contributed by atoms with Crippen LogP contribution in [0.5, 0.6) is 0 Å². The Hall–Kier alpha value is -2.66. The van der Waals surface area contributed by atoms with Crippen molar-refractivity contribution in [1.82, 2.24) is 19.8 Å². The number of amides is 1. The first kappa shape index (κ1) is 17.7. The highest BCUT2D eigenvalue weighted by Crippen LogP contribution is 2.18. The lowest BCUT2D eigenvalue weighted by Crippen LogP contribution is -2.46. The third kappa shape index (κ3) is 3.60. The maximum absolute atomic E-state index is 12.8. The Labute approximate surface area is 160 Å². The van der Waals surface area contributed by atoms with E-state index in [1.54, 1.807) is 0 Å². The van der Waals surface area contributed by atoms with Crippen LogP contribution in [0.25, 0.3) is 11.0 Å². The molecule has 1 amide bonds. The molecule has 0 bridgehead atoms. The highest BCUT2D eigenvalue weighted by molar-refractivity contribution is 5.94. The van der Waals surface area contributed by atoms with Crippen LogP contribution in [0.2, 0.25) is 0 Å². The number of para-hydroxylation sites is 2. The van der Waals surface area contributed by atoms with Gasteiger partial charge >= 0.3 is 0 Å². The number of aromatic nitrogens is 2. The highest BCUT2D eigenvalue weighted by atomic mass is 16.2. The number of hydrogen-bond donors (Lipinski definition) is 1. The zero-order valence-electron chi connectivity index (χ0n) is 16.0. The maximum Gasteiger partial charge on any atom is 0.253 e. The van der Waals surface area contributed by atoms with E-state index in [-0.39, 0.29) is 11.9 Å². The number of imidazole rings is 1. The summed E-state index contributed by atoms with van der Waals surface area (Å²) in [7, 11) is 1.91. The summed E-state index contributed by atoms with van der Waals surface area (Å²) in [5.74, 6) is 1.10. The van der Waals surface area contributed by atoms with Crippen LogP contribution < -0.4 is 5.32 Å². The van der Waals surface area contributed by atoms with Crippen molar-refractivity contribution < 1.29 is 4.79 Å². The van der Waals surface area contributed by atoms with Crippen LogP contribution in [-0.4, -0.2) is 46.5 Å². The second-order valence-corrected chi connectivity index (χ2v) is 7.35. The van der Waals surface area contributed by atoms with Crippen LogP contribution >= 0.6 is 0 Å². The Bertz CT molecular complexity index is 939. The first-order valence-corrected chi connectivity index (χ1v) is 9.62. The molecule has 4 rings (SSSR count). The topological polar surface area (TPSA) is 50.2 Å². The molecule has 1 N–H and O–H groups in total. The molecule has 140 valence electrons. The van der Waals surface area contributed by atoms with Gasteiger partial charge in [0.1, 0.15) is 5.82 Å². The van der Waals surface area contributed by atoms with Gasteiger partial charge in [0.15, 0.2) is 0 Å². The molecule has 5 nitrogen and oxygen atoms in total. The van der Waals surface area contributed by atoms with Crippen molar-refractivity contribution >= 4 is 16.9 Å². The zero-order valence-corrected chi connectivity index (χ0v) is 16.0. The SMILES string of the molecule is Cc1nc2ccccc2n1Cc1ccc(C(=O)N(C)[C@@H]2CCCNC2)cc1. The van der Waals surface area contributed by atoms with E-state index in [4.69, 9.17) is 0 Å². The van der Waals surface area contributed by atoms with Gasteiger partial charge in [0.2, 0.25) is 0 Å². The summed E-state index contributed by atoms with van der Waals surface area (Å²) in [5.41, 5.74) is 4.07. The van der Waals surface area contributed by atoms with Crippen molar-refractivity contribution in [1.29, 1.82) is 0 Å². The van der Waals surface area contributed by atoms with Crippen molar-refractivity contribution in [3.63, 3.8) is 0 Å². The Morgan fingerprint density at radius 2 is 2.00 bits per heavy atom. The summed E-state index contributed by atoms with van der Waals surface area (Å²) in [6.45, 7) is 4.72. The molecule has 0 spiro atoms. The van der Waals surface area contributed by atoms with Gasteiger partial charge in [-0.15, -0.1) is 0 Å². The summed E-state index contributed by atoms with van der Waals surface area (Å²) >= 11 is 0. The van der Waals surface area contributed by atoms with Crippen LogP contribution in [0, 0.1) is 6.92 Å². The minimum atomic E-state index is 0.0968. The molecule has 0 aliphatic carbocycles. The first-order valence-electron chi connectivity index (χ1n) is 9.62. The molecule has 3 aromatic rings. The van der Waals surface area contributed by atoms with Crippen molar-refractivity contribution in [2.75, 3.05) is 20.1 Å². The van der Waals surface area contributed by atoms with Gasteiger partial charge in [0.05, 0.1) is 11.0 Å². The smallest absolute Gasteiger partial charge is 0.253 e. The fraction of sp³-hybridized carbons (Fsp3) is 0.364. The predicted molar refractivity (Wildman–Crippen MR) is 108 cm³/mol. The maximum atomic E-state index is 12.8. The molecule has 1 saturated heterocycles. The third-order valence-electron chi connectivity index (χ3n) is 5.53. The van der Waals surface area contributed by atoms with E-state index in [9.17, 15) is 4.79 Å². The van der Waals surface area contributed by atoms with Crippen LogP contribution in [0.15, 0.2) is 48.5 Å². The fourth-order valence-corrected chi connectivity index (χ4v) is 3.86. The zero-order chi connectivity index (χ0) is 18.8. The second-order valence-electron chi connectivity index (χ2n) is 7.35. The Balaban J connectivity index is 1.50. The van der Waals surface area contributed by atoms with Gasteiger partial charge < -0.3 is 14.8 Å². The van der Waals surface area contributed by atoms with E-state index < -0.39 is 0 Å². The summed E-state index contributed by atoms with van der Waals surface area (Å²) in [5, 5.41) is 3.37. The van der Waals surface area contributed by atoms with Gasteiger partial charge in [-0.3, -0.25) is 4.79 Å². The van der Waals surface area contributed by atoms with Crippen LogP contribution in [0.1, 0.15) is 34.6 Å². The fourth-order valence-electron chi connectivity index (χ4n) is 3.86. The van der Waals surface area contributed by atoms with Gasteiger partial charge in [0.25, 0.3) is 5.91 Å². The van der Waals surface area contributed by atoms with E-state index in [0.29, 0.717) is 0 Å². The molecule has 0 saturated carbocycles. The number of aryl methyl sites for hydroxylation is 1. The highest BCUT2D eigenvalue weighted by Gasteiger charge is 2.22. The van der Waals surface area contributed by atoms with E-state index in [2.05, 4.69) is 33.1 Å². The van der Waals surface area contributed by atoms with Crippen molar-refractivity contribution in [3.8, 4) is 0 Å². The van der Waals surface area contributed by atoms with Crippen LogP contribution in [0.4, 0.5) is 0 Å². The lowest BCUT2D eigenvalue weighted by molar-refractivity contribution is 0.0708. The molecule has 0 radical (unpaired) electrons. The number of carbonyl (C=O) groups excluding carboxylic acids is 1. The predicted octanol–water partition coefficient (Wildman–Crippen LogP) is 3.22. The van der Waals surface area contributed by atoms with E-state index in [1.807, 2.05) is 49.2 Å². The molecule has 5 heteroatoms.